The monoisotopic (exact) mass is 559 g/mol. The molecule has 0 aliphatic heterocycles. The van der Waals surface area contributed by atoms with Crippen molar-refractivity contribution in [3.63, 3.8) is 0 Å². The van der Waals surface area contributed by atoms with Gasteiger partial charge in [-0.05, 0) is 65.1 Å². The molecule has 0 spiro atoms. The van der Waals surface area contributed by atoms with Crippen molar-refractivity contribution in [2.45, 2.75) is 31.3 Å². The van der Waals surface area contributed by atoms with Gasteiger partial charge in [-0.1, -0.05) is 77.8 Å². The minimum absolute atomic E-state index is 0.110. The van der Waals surface area contributed by atoms with E-state index in [0.717, 1.165) is 35.5 Å². The maximum atomic E-state index is 12.7. The van der Waals surface area contributed by atoms with Gasteiger partial charge in [0, 0.05) is 10.6 Å². The molecule has 0 bridgehead atoms. The highest BCUT2D eigenvalue weighted by molar-refractivity contribution is 6.33. The number of aromatic nitrogens is 6. The number of hydrogen-bond donors (Lipinski definition) is 2. The van der Waals surface area contributed by atoms with Crippen LogP contribution in [-0.4, -0.2) is 36.5 Å². The zero-order chi connectivity index (χ0) is 27.0. The van der Waals surface area contributed by atoms with Crippen LogP contribution < -0.4 is 5.32 Å². The maximum absolute atomic E-state index is 12.7. The van der Waals surface area contributed by atoms with Gasteiger partial charge in [0.1, 0.15) is 11.1 Å². The Kier molecular flexibility index (Phi) is 6.54. The van der Waals surface area contributed by atoms with E-state index in [9.17, 15) is 4.79 Å². The Balaban J connectivity index is 1.17. The van der Waals surface area contributed by atoms with Gasteiger partial charge in [-0.25, -0.2) is 14.6 Å². The van der Waals surface area contributed by atoms with Crippen molar-refractivity contribution in [1.82, 2.24) is 30.4 Å². The quantitative estimate of drug-likeness (QED) is 0.228. The summed E-state index contributed by atoms with van der Waals surface area (Å²) < 4.78 is 7.08. The van der Waals surface area contributed by atoms with Gasteiger partial charge >= 0.3 is 6.09 Å². The molecule has 2 heterocycles. The molecule has 39 heavy (non-hydrogen) atoms. The van der Waals surface area contributed by atoms with Crippen molar-refractivity contribution in [1.29, 1.82) is 0 Å². The molecule has 0 saturated heterocycles. The number of carbonyl (C=O) groups is 1. The molecular formula is C28H23Cl2N7O2. The van der Waals surface area contributed by atoms with Crippen LogP contribution in [0.4, 0.5) is 10.6 Å². The highest BCUT2D eigenvalue weighted by atomic mass is 35.5. The van der Waals surface area contributed by atoms with Crippen molar-refractivity contribution in [3.8, 4) is 16.8 Å². The van der Waals surface area contributed by atoms with Gasteiger partial charge in [0.05, 0.1) is 17.3 Å². The third-order valence-corrected chi connectivity index (χ3v) is 7.62. The number of nitrogens with zero attached hydrogens (tertiary/aromatic N) is 5. The van der Waals surface area contributed by atoms with Crippen molar-refractivity contribution >= 4 is 35.1 Å². The predicted molar refractivity (Wildman–Crippen MR) is 148 cm³/mol. The Morgan fingerprint density at radius 1 is 1.00 bits per heavy atom. The lowest BCUT2D eigenvalue weighted by Crippen LogP contribution is -2.18. The first-order valence-corrected chi connectivity index (χ1v) is 13.1. The minimum atomic E-state index is -0.669. The Labute approximate surface area is 234 Å². The van der Waals surface area contributed by atoms with Crippen molar-refractivity contribution in [2.24, 2.45) is 0 Å². The molecule has 5 aromatic rings. The van der Waals surface area contributed by atoms with Gasteiger partial charge < -0.3 is 4.74 Å². The summed E-state index contributed by atoms with van der Waals surface area (Å²) >= 11 is 12.6. The van der Waals surface area contributed by atoms with E-state index in [0.29, 0.717) is 16.4 Å². The smallest absolute Gasteiger partial charge is 0.413 e. The lowest BCUT2D eigenvalue weighted by atomic mass is 9.93. The fourth-order valence-electron chi connectivity index (χ4n) is 4.72. The number of ether oxygens (including phenoxy) is 1. The first-order valence-electron chi connectivity index (χ1n) is 12.4. The molecule has 1 aliphatic rings. The van der Waals surface area contributed by atoms with Crippen LogP contribution in [0.1, 0.15) is 42.8 Å². The number of tetrazole rings is 1. The largest absolute Gasteiger partial charge is 0.441 e. The van der Waals surface area contributed by atoms with E-state index in [1.165, 1.54) is 11.8 Å². The van der Waals surface area contributed by atoms with Crippen LogP contribution in [0.3, 0.4) is 0 Å². The molecular weight excluding hydrogens is 537 g/mol. The van der Waals surface area contributed by atoms with E-state index in [1.54, 1.807) is 17.7 Å². The maximum Gasteiger partial charge on any atom is 0.413 e. The molecule has 6 rings (SSSR count). The van der Waals surface area contributed by atoms with Crippen molar-refractivity contribution in [3.05, 3.63) is 106 Å². The van der Waals surface area contributed by atoms with Gasteiger partial charge in [-0.15, -0.1) is 5.10 Å². The summed E-state index contributed by atoms with van der Waals surface area (Å²) in [5, 5.41) is 22.4. The van der Waals surface area contributed by atoms with Gasteiger partial charge in [-0.2, -0.15) is 5.10 Å². The molecule has 1 unspecified atom stereocenters. The highest BCUT2D eigenvalue weighted by Crippen LogP contribution is 2.52. The van der Waals surface area contributed by atoms with E-state index < -0.39 is 12.2 Å². The van der Waals surface area contributed by atoms with Crippen molar-refractivity contribution < 1.29 is 9.53 Å². The number of nitrogens with one attached hydrogen (secondary N) is 2. The summed E-state index contributed by atoms with van der Waals surface area (Å²) in [6.07, 6.45) is 2.29. The van der Waals surface area contributed by atoms with E-state index in [1.807, 2.05) is 42.5 Å². The van der Waals surface area contributed by atoms with E-state index >= 15 is 0 Å². The highest BCUT2D eigenvalue weighted by Gasteiger charge is 2.49. The van der Waals surface area contributed by atoms with Crippen LogP contribution in [-0.2, 0) is 10.2 Å². The third-order valence-electron chi connectivity index (χ3n) is 7.00. The minimum Gasteiger partial charge on any atom is -0.441 e. The number of halogens is 2. The van der Waals surface area contributed by atoms with Gasteiger partial charge in [-0.3, -0.25) is 5.32 Å². The lowest BCUT2D eigenvalue weighted by Gasteiger charge is -2.16. The molecule has 1 fully saturated rings. The summed E-state index contributed by atoms with van der Waals surface area (Å²) in [4.78, 5) is 12.7. The molecule has 196 valence electrons. The van der Waals surface area contributed by atoms with E-state index in [4.69, 9.17) is 27.9 Å². The number of amides is 1. The first kappa shape index (κ1) is 25.1. The average molecular weight is 560 g/mol. The Bertz CT molecular complexity index is 1610. The van der Waals surface area contributed by atoms with Crippen LogP contribution in [0.2, 0.25) is 10.0 Å². The number of H-pyrrole nitrogens is 1. The van der Waals surface area contributed by atoms with Crippen LogP contribution in [0.5, 0.6) is 0 Å². The standard InChI is InChI=1S/C28H23Cl2N7O2/c1-17(22-4-2-3-5-23(22)29)39-27(38)32-25-24(30)16-31-37(25)21-12-8-19(9-13-21)18-6-10-20(11-7-18)28(14-15-28)26-33-35-36-34-26/h2-13,16-17H,14-15H2,1H3,(H,32,38)(H,33,34,35,36). The SMILES string of the molecule is CC(OC(=O)Nc1c(Cl)cnn1-c1ccc(-c2ccc(C3(c4nnn[nH]4)CC3)cc2)cc1)c1ccccc1Cl. The summed E-state index contributed by atoms with van der Waals surface area (Å²) in [7, 11) is 0. The molecule has 0 radical (unpaired) electrons. The molecule has 2 aromatic heterocycles. The number of anilines is 1. The molecule has 1 atom stereocenters. The average Bonchev–Trinajstić information content (AvgIpc) is 3.40. The Morgan fingerprint density at radius 3 is 2.33 bits per heavy atom. The zero-order valence-corrected chi connectivity index (χ0v) is 22.3. The molecule has 3 aromatic carbocycles. The number of aromatic amines is 1. The molecule has 11 heteroatoms. The van der Waals surface area contributed by atoms with Gasteiger partial charge in [0.2, 0.25) is 0 Å². The Morgan fingerprint density at radius 2 is 1.69 bits per heavy atom. The molecule has 1 aliphatic carbocycles. The first-order chi connectivity index (χ1) is 18.9. The number of carbonyl (C=O) groups excluding carboxylic acids is 1. The summed E-state index contributed by atoms with van der Waals surface area (Å²) in [6.45, 7) is 1.75. The predicted octanol–water partition coefficient (Wildman–Crippen LogP) is 6.75. The molecule has 2 N–H and O–H groups in total. The second kappa shape index (κ2) is 10.2. The van der Waals surface area contributed by atoms with Crippen LogP contribution in [0.25, 0.3) is 16.8 Å². The second-order valence-corrected chi connectivity index (χ2v) is 10.2. The van der Waals surface area contributed by atoms with Crippen LogP contribution in [0.15, 0.2) is 79.0 Å². The third kappa shape index (κ3) is 4.86. The fourth-order valence-corrected chi connectivity index (χ4v) is 5.18. The molecule has 1 amide bonds. The zero-order valence-electron chi connectivity index (χ0n) is 20.8. The van der Waals surface area contributed by atoms with E-state index in [2.05, 4.69) is 55.3 Å². The Hall–Kier alpha value is -4.21. The number of benzene rings is 3. The topological polar surface area (TPSA) is 111 Å². The summed E-state index contributed by atoms with van der Waals surface area (Å²) in [6, 6.07) is 23.5. The van der Waals surface area contributed by atoms with Gasteiger partial charge in [0.15, 0.2) is 11.6 Å². The molecule has 9 nitrogen and oxygen atoms in total. The summed E-state index contributed by atoms with van der Waals surface area (Å²) in [5.41, 5.74) is 4.63. The summed E-state index contributed by atoms with van der Waals surface area (Å²) in [5.74, 6) is 1.12. The lowest BCUT2D eigenvalue weighted by molar-refractivity contribution is 0.121. The van der Waals surface area contributed by atoms with Crippen LogP contribution >= 0.6 is 23.2 Å². The fraction of sp³-hybridized carbons (Fsp3) is 0.179. The van der Waals surface area contributed by atoms with Crippen LogP contribution in [0, 0.1) is 0 Å². The van der Waals surface area contributed by atoms with E-state index in [-0.39, 0.29) is 10.4 Å². The normalized spacial score (nSPS) is 14.5. The molecule has 1 saturated carbocycles. The van der Waals surface area contributed by atoms with Gasteiger partial charge in [0.25, 0.3) is 0 Å². The number of rotatable bonds is 7. The van der Waals surface area contributed by atoms with Crippen molar-refractivity contribution in [2.75, 3.05) is 5.32 Å². The second-order valence-electron chi connectivity index (χ2n) is 9.40. The number of hydrogen-bond acceptors (Lipinski definition) is 6.